The van der Waals surface area contributed by atoms with E-state index < -0.39 is 0 Å². The van der Waals surface area contributed by atoms with E-state index in [0.717, 1.165) is 47.4 Å². The van der Waals surface area contributed by atoms with Crippen molar-refractivity contribution < 1.29 is 9.53 Å². The van der Waals surface area contributed by atoms with Crippen LogP contribution in [0.2, 0.25) is 0 Å². The Morgan fingerprint density at radius 3 is 2.62 bits per heavy atom. The number of thiophene rings is 1. The van der Waals surface area contributed by atoms with Crippen LogP contribution < -0.4 is 15.6 Å². The highest BCUT2D eigenvalue weighted by molar-refractivity contribution is 7.22. The summed E-state index contributed by atoms with van der Waals surface area (Å²) in [6.07, 6.45) is 2.58. The zero-order chi connectivity index (χ0) is 24.1. The number of hydrogen-bond donors (Lipinski definition) is 1. The average Bonchev–Trinajstić information content (AvgIpc) is 3.27. The van der Waals surface area contributed by atoms with E-state index in [1.807, 2.05) is 42.5 Å². The van der Waals surface area contributed by atoms with E-state index in [2.05, 4.69) is 29.0 Å². The van der Waals surface area contributed by atoms with Gasteiger partial charge in [-0.25, -0.2) is 0 Å². The largest absolute Gasteiger partial charge is 0.494 e. The number of carbonyl (C=O) groups is 1. The van der Waals surface area contributed by atoms with E-state index in [-0.39, 0.29) is 11.5 Å². The Morgan fingerprint density at radius 2 is 1.91 bits per heavy atom. The molecule has 8 heteroatoms. The Hall–Kier alpha value is -3.23. The topological polar surface area (TPSA) is 76.5 Å². The highest BCUT2D eigenvalue weighted by Crippen LogP contribution is 2.39. The second-order valence-electron chi connectivity index (χ2n) is 8.03. The minimum absolute atomic E-state index is 0.187. The first-order valence-electron chi connectivity index (χ1n) is 11.6. The molecule has 1 N–H and O–H groups in total. The molecule has 0 radical (unpaired) electrons. The monoisotopic (exact) mass is 478 g/mol. The minimum atomic E-state index is -0.211. The SMILES string of the molecule is CCN(CC)CCCNC(=O)c1sc2c(c1OC)c(=O)n(Cc1ccccn1)c1ccccc21. The molecule has 3 heterocycles. The van der Waals surface area contributed by atoms with E-state index >= 15 is 0 Å². The summed E-state index contributed by atoms with van der Waals surface area (Å²) in [4.78, 5) is 33.9. The lowest BCUT2D eigenvalue weighted by atomic mass is 10.1. The summed E-state index contributed by atoms with van der Waals surface area (Å²) in [6.45, 7) is 8.09. The van der Waals surface area contributed by atoms with Gasteiger partial charge in [-0.2, -0.15) is 0 Å². The van der Waals surface area contributed by atoms with Gasteiger partial charge in [-0.15, -0.1) is 11.3 Å². The summed E-state index contributed by atoms with van der Waals surface area (Å²) in [5.74, 6) is 0.129. The Kier molecular flexibility index (Phi) is 7.59. The first kappa shape index (κ1) is 23.9. The quantitative estimate of drug-likeness (QED) is 0.347. The van der Waals surface area contributed by atoms with Crippen molar-refractivity contribution in [2.24, 2.45) is 0 Å². The lowest BCUT2D eigenvalue weighted by molar-refractivity contribution is 0.0953. The van der Waals surface area contributed by atoms with E-state index in [0.29, 0.717) is 29.1 Å². The zero-order valence-electron chi connectivity index (χ0n) is 19.8. The van der Waals surface area contributed by atoms with Crippen molar-refractivity contribution >= 4 is 38.2 Å². The van der Waals surface area contributed by atoms with Crippen LogP contribution in [-0.4, -0.2) is 53.6 Å². The van der Waals surface area contributed by atoms with Gasteiger partial charge in [0.25, 0.3) is 11.5 Å². The van der Waals surface area contributed by atoms with Crippen LogP contribution in [0.15, 0.2) is 53.5 Å². The zero-order valence-corrected chi connectivity index (χ0v) is 20.7. The maximum Gasteiger partial charge on any atom is 0.265 e. The van der Waals surface area contributed by atoms with Crippen LogP contribution in [0.4, 0.5) is 0 Å². The van der Waals surface area contributed by atoms with E-state index in [4.69, 9.17) is 4.74 Å². The summed E-state index contributed by atoms with van der Waals surface area (Å²) in [7, 11) is 1.51. The first-order chi connectivity index (χ1) is 16.6. The molecular weight excluding hydrogens is 448 g/mol. The predicted molar refractivity (Wildman–Crippen MR) is 138 cm³/mol. The number of amides is 1. The number of hydrogen-bond acceptors (Lipinski definition) is 6. The molecule has 0 bridgehead atoms. The highest BCUT2D eigenvalue weighted by Gasteiger charge is 2.25. The molecule has 178 valence electrons. The molecule has 0 aliphatic heterocycles. The van der Waals surface area contributed by atoms with Crippen LogP contribution in [0, 0.1) is 0 Å². The third-order valence-corrected chi connectivity index (χ3v) is 7.25. The molecule has 0 saturated carbocycles. The summed E-state index contributed by atoms with van der Waals surface area (Å²) in [5.41, 5.74) is 1.41. The van der Waals surface area contributed by atoms with Gasteiger partial charge < -0.3 is 19.5 Å². The van der Waals surface area contributed by atoms with Gasteiger partial charge in [0, 0.05) is 18.1 Å². The molecule has 0 fully saturated rings. The Morgan fingerprint density at radius 1 is 1.15 bits per heavy atom. The maximum absolute atomic E-state index is 13.7. The lowest BCUT2D eigenvalue weighted by Crippen LogP contribution is -2.29. The molecule has 0 aliphatic rings. The fourth-order valence-electron chi connectivity index (χ4n) is 4.22. The average molecular weight is 479 g/mol. The van der Waals surface area contributed by atoms with Crippen molar-refractivity contribution in [1.82, 2.24) is 19.8 Å². The molecule has 1 amide bonds. The molecule has 4 aromatic rings. The fourth-order valence-corrected chi connectivity index (χ4v) is 5.44. The third-order valence-electron chi connectivity index (χ3n) is 6.05. The van der Waals surface area contributed by atoms with Gasteiger partial charge in [-0.05, 0) is 44.3 Å². The van der Waals surface area contributed by atoms with E-state index in [1.165, 1.54) is 18.4 Å². The molecule has 0 saturated heterocycles. The number of para-hydroxylation sites is 1. The Bertz CT molecular complexity index is 1340. The van der Waals surface area contributed by atoms with E-state index in [1.54, 1.807) is 10.8 Å². The van der Waals surface area contributed by atoms with Crippen LogP contribution in [0.5, 0.6) is 5.75 Å². The van der Waals surface area contributed by atoms with Gasteiger partial charge in [0.15, 0.2) is 5.75 Å². The normalized spacial score (nSPS) is 11.4. The van der Waals surface area contributed by atoms with Crippen molar-refractivity contribution in [3.63, 3.8) is 0 Å². The van der Waals surface area contributed by atoms with Crippen molar-refractivity contribution in [2.75, 3.05) is 33.3 Å². The Balaban J connectivity index is 1.73. The second-order valence-corrected chi connectivity index (χ2v) is 9.06. The van der Waals surface area contributed by atoms with Crippen molar-refractivity contribution in [3.8, 4) is 5.75 Å². The van der Waals surface area contributed by atoms with Gasteiger partial charge >= 0.3 is 0 Å². The molecule has 0 atom stereocenters. The van der Waals surface area contributed by atoms with Gasteiger partial charge in [0.2, 0.25) is 0 Å². The number of nitrogens with zero attached hydrogens (tertiary/aromatic N) is 3. The number of rotatable bonds is 10. The number of nitrogens with one attached hydrogen (secondary N) is 1. The lowest BCUT2D eigenvalue weighted by Gasteiger charge is -2.17. The summed E-state index contributed by atoms with van der Waals surface area (Å²) in [5, 5.41) is 4.36. The molecule has 7 nitrogen and oxygen atoms in total. The number of aromatic nitrogens is 2. The van der Waals surface area contributed by atoms with Gasteiger partial charge in [0.1, 0.15) is 10.3 Å². The van der Waals surface area contributed by atoms with Gasteiger partial charge in [-0.3, -0.25) is 14.6 Å². The van der Waals surface area contributed by atoms with E-state index in [9.17, 15) is 9.59 Å². The first-order valence-corrected chi connectivity index (χ1v) is 12.4. The summed E-state index contributed by atoms with van der Waals surface area (Å²) < 4.78 is 8.12. The number of pyridine rings is 2. The number of ether oxygens (including phenoxy) is 1. The second kappa shape index (κ2) is 10.8. The maximum atomic E-state index is 13.7. The van der Waals surface area contributed by atoms with Crippen LogP contribution in [0.25, 0.3) is 21.0 Å². The van der Waals surface area contributed by atoms with Gasteiger partial charge in [0.05, 0.1) is 29.6 Å². The van der Waals surface area contributed by atoms with Crippen molar-refractivity contribution in [3.05, 3.63) is 69.6 Å². The molecule has 1 aromatic carbocycles. The van der Waals surface area contributed by atoms with Crippen LogP contribution >= 0.6 is 11.3 Å². The summed E-state index contributed by atoms with van der Waals surface area (Å²) >= 11 is 1.31. The van der Waals surface area contributed by atoms with Crippen molar-refractivity contribution in [2.45, 2.75) is 26.8 Å². The molecule has 0 spiro atoms. The number of carbonyl (C=O) groups excluding carboxylic acids is 1. The standard InChI is InChI=1S/C26H30N4O3S/c1-4-29(5-2)16-10-15-28-25(31)24-22(33-3)21-23(34-24)19-12-6-7-13-20(19)30(26(21)32)17-18-11-8-9-14-27-18/h6-9,11-14H,4-5,10,15-17H2,1-3H3,(H,28,31). The number of benzene rings is 1. The predicted octanol–water partition coefficient (Wildman–Crippen LogP) is 4.13. The van der Waals surface area contributed by atoms with Crippen LogP contribution in [0.3, 0.4) is 0 Å². The summed E-state index contributed by atoms with van der Waals surface area (Å²) in [6, 6.07) is 13.4. The molecular formula is C26H30N4O3S. The molecule has 3 aromatic heterocycles. The fraction of sp³-hybridized carbons (Fsp3) is 0.346. The smallest absolute Gasteiger partial charge is 0.265 e. The minimum Gasteiger partial charge on any atom is -0.494 e. The molecule has 34 heavy (non-hydrogen) atoms. The molecule has 0 unspecified atom stereocenters. The number of methoxy groups -OCH3 is 1. The van der Waals surface area contributed by atoms with Crippen LogP contribution in [-0.2, 0) is 6.54 Å². The van der Waals surface area contributed by atoms with Gasteiger partial charge in [-0.1, -0.05) is 38.1 Å². The molecule has 4 rings (SSSR count). The molecule has 0 aliphatic carbocycles. The van der Waals surface area contributed by atoms with Crippen LogP contribution in [0.1, 0.15) is 35.6 Å². The third kappa shape index (κ3) is 4.69. The highest BCUT2D eigenvalue weighted by atomic mass is 32.1. The Labute approximate surface area is 203 Å². The van der Waals surface area contributed by atoms with Crippen molar-refractivity contribution in [1.29, 1.82) is 0 Å². The number of fused-ring (bicyclic) bond motifs is 3.